The van der Waals surface area contributed by atoms with Gasteiger partial charge in [0.2, 0.25) is 0 Å². The van der Waals surface area contributed by atoms with Gasteiger partial charge in [0.05, 0.1) is 7.11 Å². The summed E-state index contributed by atoms with van der Waals surface area (Å²) in [5, 5.41) is 0. The van der Waals surface area contributed by atoms with Gasteiger partial charge in [-0.1, -0.05) is 326 Å². The zero-order chi connectivity index (χ0) is 61.2. The van der Waals surface area contributed by atoms with Crippen LogP contribution in [0, 0.1) is 125 Å². The summed E-state index contributed by atoms with van der Waals surface area (Å²) in [5.74, 6) is 0.917. The Hall–Kier alpha value is -8.00. The molecule has 10 rings (SSSR count). The van der Waals surface area contributed by atoms with Crippen molar-refractivity contribution in [1.82, 2.24) is 0 Å². The Morgan fingerprint density at radius 1 is 0.207 bits per heavy atom. The summed E-state index contributed by atoms with van der Waals surface area (Å²) < 4.78 is 4.97. The highest BCUT2D eigenvalue weighted by Gasteiger charge is 1.90. The summed E-state index contributed by atoms with van der Waals surface area (Å²) in [6.07, 6.45) is 1.14. The fourth-order valence-corrected chi connectivity index (χ4v) is 6.91. The van der Waals surface area contributed by atoms with Crippen molar-refractivity contribution in [3.63, 3.8) is 0 Å². The molecule has 0 aliphatic carbocycles. The van der Waals surface area contributed by atoms with E-state index in [0.29, 0.717) is 0 Å². The molecule has 1 heteroatoms. The zero-order valence-electron chi connectivity index (χ0n) is 54.2. The average Bonchev–Trinajstić information content (AvgIpc) is 3.47. The first kappa shape index (κ1) is 72.0. The van der Waals surface area contributed by atoms with Crippen LogP contribution in [-0.2, 0) is 6.42 Å². The molecule has 0 fully saturated rings. The predicted octanol–water partition coefficient (Wildman–Crippen LogP) is 23.0. The fourth-order valence-electron chi connectivity index (χ4n) is 6.91. The van der Waals surface area contributed by atoms with Crippen LogP contribution in [0.5, 0.6) is 5.75 Å². The third-order valence-electron chi connectivity index (χ3n) is 12.7. The molecule has 0 unspecified atom stereocenters. The van der Waals surface area contributed by atoms with Crippen LogP contribution in [0.1, 0.15) is 113 Å². The van der Waals surface area contributed by atoms with Crippen LogP contribution in [-0.4, -0.2) is 7.11 Å². The molecule has 0 N–H and O–H groups in total. The summed E-state index contributed by atoms with van der Waals surface area (Å²) in [6.45, 7) is 40.0. The molecule has 0 saturated heterocycles. The van der Waals surface area contributed by atoms with Crippen molar-refractivity contribution in [1.29, 1.82) is 0 Å². The quantitative estimate of drug-likeness (QED) is 0.168. The molecule has 0 spiro atoms. The highest BCUT2D eigenvalue weighted by Crippen LogP contribution is 2.11. The molecular formula is C81H102O. The van der Waals surface area contributed by atoms with Gasteiger partial charge in [-0.3, -0.25) is 0 Å². The van der Waals surface area contributed by atoms with Gasteiger partial charge in [0.25, 0.3) is 0 Å². The van der Waals surface area contributed by atoms with Crippen molar-refractivity contribution in [2.75, 3.05) is 7.11 Å². The molecule has 10 aromatic rings. The number of benzene rings is 10. The maximum absolute atomic E-state index is 4.97. The Labute approximate surface area is 501 Å². The van der Waals surface area contributed by atoms with E-state index in [-0.39, 0.29) is 0 Å². The third-order valence-corrected chi connectivity index (χ3v) is 12.7. The maximum Gasteiger partial charge on any atom is 0.118 e. The highest BCUT2D eigenvalue weighted by atomic mass is 16.5. The lowest BCUT2D eigenvalue weighted by Gasteiger charge is -1.98. The molecule has 0 bridgehead atoms. The summed E-state index contributed by atoms with van der Waals surface area (Å²) in [6, 6.07) is 84.3. The number of hydrogen-bond donors (Lipinski definition) is 0. The van der Waals surface area contributed by atoms with Crippen LogP contribution in [0.3, 0.4) is 0 Å². The van der Waals surface area contributed by atoms with Gasteiger partial charge in [0.1, 0.15) is 5.75 Å². The molecule has 0 heterocycles. The normalized spacial score (nSPS) is 9.27. The Kier molecular flexibility index (Phi) is 37.6. The van der Waals surface area contributed by atoms with Crippen LogP contribution in [0.2, 0.25) is 0 Å². The van der Waals surface area contributed by atoms with Crippen LogP contribution in [0.4, 0.5) is 0 Å². The van der Waals surface area contributed by atoms with Gasteiger partial charge in [0.15, 0.2) is 0 Å². The van der Waals surface area contributed by atoms with Crippen LogP contribution in [0.15, 0.2) is 243 Å². The first-order valence-electron chi connectivity index (χ1n) is 28.9. The molecule has 432 valence electrons. The molecule has 0 saturated carbocycles. The van der Waals surface area contributed by atoms with E-state index < -0.39 is 0 Å². The Morgan fingerprint density at radius 2 is 0.427 bits per heavy atom. The standard InChI is InChI=1S/C9H12.C8H10O.8C8H10/c1-7-4-5-8(2)9(3)6-7;1-7-3-5-8(9-2)6-4-7;6*1-7-3-5-8(2)6-4-7;1-7-4-3-5-8(2)6-7;1-2-8-6-4-3-5-7-8/h4-6H,1-3H3;3-6H,1-2H3;7*3-6H,1-2H3;3-7H,2H2,1H3. The zero-order valence-corrected chi connectivity index (χ0v) is 54.2. The van der Waals surface area contributed by atoms with E-state index in [1.165, 1.54) is 106 Å². The molecule has 0 aliphatic rings. The van der Waals surface area contributed by atoms with Crippen molar-refractivity contribution < 1.29 is 4.74 Å². The van der Waals surface area contributed by atoms with E-state index in [1.807, 2.05) is 30.3 Å². The van der Waals surface area contributed by atoms with Crippen LogP contribution >= 0.6 is 0 Å². The Morgan fingerprint density at radius 3 is 0.598 bits per heavy atom. The number of hydrogen-bond acceptors (Lipinski definition) is 1. The predicted molar refractivity (Wildman–Crippen MR) is 366 cm³/mol. The van der Waals surface area contributed by atoms with E-state index in [2.05, 4.69) is 344 Å². The molecular weight excluding hydrogens is 989 g/mol. The van der Waals surface area contributed by atoms with E-state index in [1.54, 1.807) is 7.11 Å². The van der Waals surface area contributed by atoms with E-state index in [4.69, 9.17) is 4.74 Å². The monoisotopic (exact) mass is 1090 g/mol. The molecule has 0 atom stereocenters. The molecule has 1 nitrogen and oxygen atoms in total. The number of rotatable bonds is 2. The van der Waals surface area contributed by atoms with Gasteiger partial charge in [-0.15, -0.1) is 0 Å². The lowest BCUT2D eigenvalue weighted by atomic mass is 10.1. The highest BCUT2D eigenvalue weighted by molar-refractivity contribution is 5.30. The van der Waals surface area contributed by atoms with Crippen LogP contribution in [0.25, 0.3) is 0 Å². The Bertz CT molecular complexity index is 2650. The summed E-state index contributed by atoms with van der Waals surface area (Å²) in [5.41, 5.74) is 25.4. The molecule has 0 aromatic heterocycles. The van der Waals surface area contributed by atoms with Gasteiger partial charge < -0.3 is 4.74 Å². The van der Waals surface area contributed by atoms with Crippen LogP contribution < -0.4 is 4.74 Å². The van der Waals surface area contributed by atoms with Crippen molar-refractivity contribution in [2.45, 2.75) is 138 Å². The minimum atomic E-state index is 0.917. The topological polar surface area (TPSA) is 9.23 Å². The summed E-state index contributed by atoms with van der Waals surface area (Å²) in [4.78, 5) is 0. The van der Waals surface area contributed by atoms with Gasteiger partial charge in [-0.25, -0.2) is 0 Å². The smallest absolute Gasteiger partial charge is 0.118 e. The summed E-state index contributed by atoms with van der Waals surface area (Å²) >= 11 is 0. The molecule has 82 heavy (non-hydrogen) atoms. The average molecular weight is 1090 g/mol. The molecule has 0 amide bonds. The lowest BCUT2D eigenvalue weighted by molar-refractivity contribution is 0.414. The minimum absolute atomic E-state index is 0.917. The first-order valence-corrected chi connectivity index (χ1v) is 28.9. The molecule has 0 radical (unpaired) electrons. The molecule has 10 aromatic carbocycles. The Balaban J connectivity index is 0.000000456. The SMILES string of the molecule is CCc1ccccc1.COc1ccc(C)cc1.Cc1ccc(C)c(C)c1.Cc1ccc(C)cc1.Cc1ccc(C)cc1.Cc1ccc(C)cc1.Cc1ccc(C)cc1.Cc1ccc(C)cc1.Cc1ccc(C)cc1.Cc1cccc(C)c1. The van der Waals surface area contributed by atoms with E-state index >= 15 is 0 Å². The number of methoxy groups -OCH3 is 1. The second kappa shape index (κ2) is 42.8. The van der Waals surface area contributed by atoms with Crippen molar-refractivity contribution in [2.24, 2.45) is 0 Å². The second-order valence-corrected chi connectivity index (χ2v) is 21.5. The van der Waals surface area contributed by atoms with Gasteiger partial charge >= 0.3 is 0 Å². The fraction of sp³-hybridized carbons (Fsp3) is 0.259. The van der Waals surface area contributed by atoms with Gasteiger partial charge in [0, 0.05) is 0 Å². The maximum atomic E-state index is 4.97. The number of ether oxygens (including phenoxy) is 1. The summed E-state index contributed by atoms with van der Waals surface area (Å²) in [7, 11) is 1.67. The second-order valence-electron chi connectivity index (χ2n) is 21.5. The first-order chi connectivity index (χ1) is 39.0. The van der Waals surface area contributed by atoms with E-state index in [0.717, 1.165) is 12.2 Å². The van der Waals surface area contributed by atoms with E-state index in [9.17, 15) is 0 Å². The third kappa shape index (κ3) is 38.6. The lowest BCUT2D eigenvalue weighted by Crippen LogP contribution is -1.80. The largest absolute Gasteiger partial charge is 0.497 e. The van der Waals surface area contributed by atoms with Crippen molar-refractivity contribution >= 4 is 0 Å². The minimum Gasteiger partial charge on any atom is -0.497 e. The molecule has 0 aliphatic heterocycles. The van der Waals surface area contributed by atoms with Gasteiger partial charge in [-0.05, 0) is 160 Å². The number of aryl methyl sites for hydroxylation is 19. The van der Waals surface area contributed by atoms with Crippen molar-refractivity contribution in [3.05, 3.63) is 348 Å². The van der Waals surface area contributed by atoms with Gasteiger partial charge in [-0.2, -0.15) is 0 Å². The van der Waals surface area contributed by atoms with Crippen molar-refractivity contribution in [3.8, 4) is 5.75 Å².